The van der Waals surface area contributed by atoms with E-state index in [1.54, 1.807) is 12.1 Å². The zero-order chi connectivity index (χ0) is 18.1. The molecule has 2 unspecified atom stereocenters. The quantitative estimate of drug-likeness (QED) is 0.879. The van der Waals surface area contributed by atoms with Crippen LogP contribution in [0.15, 0.2) is 48.5 Å². The van der Waals surface area contributed by atoms with Gasteiger partial charge in [0.25, 0.3) is 5.91 Å². The molecule has 0 aromatic heterocycles. The second-order valence-electron chi connectivity index (χ2n) is 6.39. The summed E-state index contributed by atoms with van der Waals surface area (Å²) in [6.07, 6.45) is 0.519. The van der Waals surface area contributed by atoms with Crippen LogP contribution in [-0.4, -0.2) is 37.0 Å². The highest BCUT2D eigenvalue weighted by atomic mass is 19.1. The molecule has 4 rings (SSSR count). The van der Waals surface area contributed by atoms with Gasteiger partial charge in [-0.2, -0.15) is 0 Å². The number of ether oxygens (including phenoxy) is 1. The second kappa shape index (κ2) is 6.67. The molecule has 1 fully saturated rings. The monoisotopic (exact) mass is 355 g/mol. The summed E-state index contributed by atoms with van der Waals surface area (Å²) in [4.78, 5) is 26.4. The van der Waals surface area contributed by atoms with Gasteiger partial charge in [0.05, 0.1) is 11.4 Å². The summed E-state index contributed by atoms with van der Waals surface area (Å²) in [5.74, 6) is -0.874. The van der Waals surface area contributed by atoms with Crippen molar-refractivity contribution in [1.82, 2.24) is 5.32 Å². The van der Waals surface area contributed by atoms with Gasteiger partial charge in [-0.3, -0.25) is 9.59 Å². The Hall–Kier alpha value is -3.09. The van der Waals surface area contributed by atoms with Crippen LogP contribution < -0.4 is 20.3 Å². The standard InChI is InChI=1S/C19H18FN3O3/c20-13-5-1-4-8-17(13)26-11-18(24)21-12-9-16-19(25)22-14-6-2-3-7-15(14)23(16)10-12/h1-8,12,16H,9-11H2,(H,21,24)(H,22,25). The van der Waals surface area contributed by atoms with Crippen LogP contribution in [0.4, 0.5) is 15.8 Å². The van der Waals surface area contributed by atoms with E-state index >= 15 is 0 Å². The number of para-hydroxylation sites is 3. The van der Waals surface area contributed by atoms with Gasteiger partial charge in [-0.1, -0.05) is 24.3 Å². The van der Waals surface area contributed by atoms with Gasteiger partial charge in [0.1, 0.15) is 6.04 Å². The molecule has 0 saturated carbocycles. The molecule has 0 spiro atoms. The van der Waals surface area contributed by atoms with Gasteiger partial charge in [-0.15, -0.1) is 0 Å². The Labute approximate surface area is 149 Å². The Balaban J connectivity index is 1.38. The van der Waals surface area contributed by atoms with E-state index in [2.05, 4.69) is 10.6 Å². The lowest BCUT2D eigenvalue weighted by molar-refractivity contribution is -0.124. The molecule has 2 heterocycles. The highest BCUT2D eigenvalue weighted by Gasteiger charge is 2.41. The minimum absolute atomic E-state index is 0.0415. The molecule has 0 radical (unpaired) electrons. The first kappa shape index (κ1) is 16.4. The highest BCUT2D eigenvalue weighted by molar-refractivity contribution is 6.04. The predicted octanol–water partition coefficient (Wildman–Crippen LogP) is 1.92. The third kappa shape index (κ3) is 3.08. The van der Waals surface area contributed by atoms with Gasteiger partial charge < -0.3 is 20.3 Å². The molecule has 1 saturated heterocycles. The number of hydrogen-bond donors (Lipinski definition) is 2. The number of nitrogens with one attached hydrogen (secondary N) is 2. The maximum absolute atomic E-state index is 13.5. The summed E-state index contributed by atoms with van der Waals surface area (Å²) in [5.41, 5.74) is 1.74. The SMILES string of the molecule is O=C(COc1ccccc1F)NC1CC2C(=O)Nc3ccccc3N2C1. The lowest BCUT2D eigenvalue weighted by Crippen LogP contribution is -2.44. The average molecular weight is 355 g/mol. The first-order chi connectivity index (χ1) is 12.6. The van der Waals surface area contributed by atoms with E-state index in [-0.39, 0.29) is 36.3 Å². The van der Waals surface area contributed by atoms with E-state index in [4.69, 9.17) is 4.74 Å². The first-order valence-electron chi connectivity index (χ1n) is 8.45. The Morgan fingerprint density at radius 2 is 2.00 bits per heavy atom. The van der Waals surface area contributed by atoms with Crippen molar-refractivity contribution in [2.75, 3.05) is 23.4 Å². The van der Waals surface area contributed by atoms with Crippen LogP contribution in [0, 0.1) is 5.82 Å². The van der Waals surface area contributed by atoms with Gasteiger partial charge in [0.15, 0.2) is 18.2 Å². The number of nitrogens with zero attached hydrogens (tertiary/aromatic N) is 1. The van der Waals surface area contributed by atoms with E-state index in [1.165, 1.54) is 12.1 Å². The molecule has 2 aliphatic rings. The number of hydrogen-bond acceptors (Lipinski definition) is 4. The molecule has 0 bridgehead atoms. The van der Waals surface area contributed by atoms with Crippen LogP contribution in [0.3, 0.4) is 0 Å². The van der Waals surface area contributed by atoms with Crippen LogP contribution in [0.25, 0.3) is 0 Å². The molecular weight excluding hydrogens is 337 g/mol. The molecule has 134 valence electrons. The van der Waals surface area contributed by atoms with Crippen molar-refractivity contribution in [3.8, 4) is 5.75 Å². The van der Waals surface area contributed by atoms with Crippen LogP contribution in [0.2, 0.25) is 0 Å². The third-order valence-electron chi connectivity index (χ3n) is 4.64. The van der Waals surface area contributed by atoms with Gasteiger partial charge in [-0.05, 0) is 30.7 Å². The van der Waals surface area contributed by atoms with E-state index in [0.29, 0.717) is 13.0 Å². The summed E-state index contributed by atoms with van der Waals surface area (Å²) in [6, 6.07) is 13.1. The second-order valence-corrected chi connectivity index (χ2v) is 6.39. The number of carbonyl (C=O) groups excluding carboxylic acids is 2. The fourth-order valence-corrected chi connectivity index (χ4v) is 3.48. The zero-order valence-electron chi connectivity index (χ0n) is 13.9. The van der Waals surface area contributed by atoms with Crippen molar-refractivity contribution >= 4 is 23.2 Å². The topological polar surface area (TPSA) is 70.7 Å². The van der Waals surface area contributed by atoms with Gasteiger partial charge in [-0.25, -0.2) is 4.39 Å². The summed E-state index contributed by atoms with van der Waals surface area (Å²) in [6.45, 7) is 0.269. The summed E-state index contributed by atoms with van der Waals surface area (Å²) in [5, 5.41) is 5.77. The van der Waals surface area contributed by atoms with Gasteiger partial charge >= 0.3 is 0 Å². The Morgan fingerprint density at radius 1 is 1.23 bits per heavy atom. The molecule has 2 atom stereocenters. The minimum Gasteiger partial charge on any atom is -0.481 e. The maximum Gasteiger partial charge on any atom is 0.258 e. The highest BCUT2D eigenvalue weighted by Crippen LogP contribution is 2.36. The first-order valence-corrected chi connectivity index (χ1v) is 8.45. The lowest BCUT2D eigenvalue weighted by Gasteiger charge is -2.32. The molecule has 2 aromatic rings. The molecule has 0 aliphatic carbocycles. The minimum atomic E-state index is -0.508. The number of anilines is 2. The summed E-state index contributed by atoms with van der Waals surface area (Å²) < 4.78 is 18.7. The number of fused-ring (bicyclic) bond motifs is 3. The van der Waals surface area contributed by atoms with Crippen molar-refractivity contribution in [2.24, 2.45) is 0 Å². The normalized spacial score (nSPS) is 20.8. The van der Waals surface area contributed by atoms with Crippen molar-refractivity contribution in [3.05, 3.63) is 54.3 Å². The van der Waals surface area contributed by atoms with E-state index in [0.717, 1.165) is 11.4 Å². The van der Waals surface area contributed by atoms with Crippen molar-refractivity contribution < 1.29 is 18.7 Å². The van der Waals surface area contributed by atoms with Crippen molar-refractivity contribution in [3.63, 3.8) is 0 Å². The van der Waals surface area contributed by atoms with E-state index in [1.807, 2.05) is 29.2 Å². The zero-order valence-corrected chi connectivity index (χ0v) is 13.9. The largest absolute Gasteiger partial charge is 0.481 e. The molecule has 2 aromatic carbocycles. The van der Waals surface area contributed by atoms with Gasteiger partial charge in [0, 0.05) is 12.6 Å². The number of benzene rings is 2. The van der Waals surface area contributed by atoms with Crippen LogP contribution in [-0.2, 0) is 9.59 Å². The van der Waals surface area contributed by atoms with Gasteiger partial charge in [0.2, 0.25) is 5.91 Å². The van der Waals surface area contributed by atoms with Crippen LogP contribution in [0.1, 0.15) is 6.42 Å². The van der Waals surface area contributed by atoms with Crippen molar-refractivity contribution in [1.29, 1.82) is 0 Å². The molecular formula is C19H18FN3O3. The third-order valence-corrected chi connectivity index (χ3v) is 4.64. The predicted molar refractivity (Wildman–Crippen MR) is 94.6 cm³/mol. The number of amides is 2. The summed E-state index contributed by atoms with van der Waals surface area (Å²) >= 11 is 0. The summed E-state index contributed by atoms with van der Waals surface area (Å²) in [7, 11) is 0. The number of carbonyl (C=O) groups is 2. The smallest absolute Gasteiger partial charge is 0.258 e. The van der Waals surface area contributed by atoms with E-state index < -0.39 is 5.82 Å². The Kier molecular flexibility index (Phi) is 4.20. The fraction of sp³-hybridized carbons (Fsp3) is 0.263. The molecule has 2 aliphatic heterocycles. The van der Waals surface area contributed by atoms with E-state index in [9.17, 15) is 14.0 Å². The number of rotatable bonds is 4. The molecule has 2 N–H and O–H groups in total. The Bertz CT molecular complexity index is 857. The maximum atomic E-state index is 13.5. The molecule has 6 nitrogen and oxygen atoms in total. The molecule has 7 heteroatoms. The average Bonchev–Trinajstić information content (AvgIpc) is 3.06. The fourth-order valence-electron chi connectivity index (χ4n) is 3.48. The van der Waals surface area contributed by atoms with Crippen molar-refractivity contribution in [2.45, 2.75) is 18.5 Å². The number of halogens is 1. The molecule has 2 amide bonds. The van der Waals surface area contributed by atoms with Crippen LogP contribution in [0.5, 0.6) is 5.75 Å². The molecule has 26 heavy (non-hydrogen) atoms. The lowest BCUT2D eigenvalue weighted by atomic mass is 10.1. The Morgan fingerprint density at radius 3 is 2.85 bits per heavy atom. The van der Waals surface area contributed by atoms with Crippen LogP contribution >= 0.6 is 0 Å².